The topological polar surface area (TPSA) is 12.0 Å². The van der Waals surface area contributed by atoms with Gasteiger partial charge in [-0.15, -0.1) is 11.3 Å². The quantitative estimate of drug-likeness (QED) is 0.590. The van der Waals surface area contributed by atoms with Crippen LogP contribution in [0.15, 0.2) is 24.3 Å². The van der Waals surface area contributed by atoms with E-state index in [0.717, 1.165) is 25.8 Å². The predicted octanol–water partition coefficient (Wildman–Crippen LogP) is 4.19. The Morgan fingerprint density at radius 2 is 1.88 bits per heavy atom. The highest BCUT2D eigenvalue weighted by Crippen LogP contribution is 2.17. The van der Waals surface area contributed by atoms with Gasteiger partial charge in [-0.25, -0.2) is 0 Å². The van der Waals surface area contributed by atoms with E-state index < -0.39 is 0 Å². The molecule has 0 aromatic carbocycles. The molecule has 17 heavy (non-hydrogen) atoms. The Labute approximate surface area is 110 Å². The molecule has 0 fully saturated rings. The van der Waals surface area contributed by atoms with Crippen LogP contribution in [-0.2, 0) is 12.8 Å². The van der Waals surface area contributed by atoms with Gasteiger partial charge in [0.05, 0.1) is 0 Å². The first-order valence-corrected chi connectivity index (χ1v) is 7.30. The molecule has 0 spiro atoms. The highest BCUT2D eigenvalue weighted by molar-refractivity contribution is 7.12. The third-order valence-corrected chi connectivity index (χ3v) is 3.77. The molecule has 0 aliphatic heterocycles. The van der Waals surface area contributed by atoms with Crippen molar-refractivity contribution in [3.8, 4) is 0 Å². The molecule has 0 unspecified atom stereocenters. The van der Waals surface area contributed by atoms with Crippen molar-refractivity contribution in [1.29, 1.82) is 0 Å². The van der Waals surface area contributed by atoms with Crippen LogP contribution >= 0.6 is 11.3 Å². The van der Waals surface area contributed by atoms with Crippen molar-refractivity contribution in [2.24, 2.45) is 0 Å². The number of thiophene rings is 1. The third-order valence-electron chi connectivity index (χ3n) is 2.52. The van der Waals surface area contributed by atoms with Crippen LogP contribution < -0.4 is 5.32 Å². The average Bonchev–Trinajstić information content (AvgIpc) is 2.69. The van der Waals surface area contributed by atoms with E-state index in [2.05, 4.69) is 57.3 Å². The summed E-state index contributed by atoms with van der Waals surface area (Å²) in [5, 5.41) is 3.49. The molecule has 0 aliphatic carbocycles. The largest absolute Gasteiger partial charge is 0.312 e. The standard InChI is InChI=1S/C15H25NS/c1-5-13-10-11-14(17-13)9-7-6-8-12-16-15(2,3)4/h6-7,10-11,16H,5,8-9,12H2,1-4H3. The molecule has 1 nitrogen and oxygen atoms in total. The van der Waals surface area contributed by atoms with Crippen molar-refractivity contribution in [3.63, 3.8) is 0 Å². The second-order valence-electron chi connectivity index (χ2n) is 5.36. The van der Waals surface area contributed by atoms with E-state index in [-0.39, 0.29) is 5.54 Å². The minimum absolute atomic E-state index is 0.234. The summed E-state index contributed by atoms with van der Waals surface area (Å²) in [4.78, 5) is 2.96. The lowest BCUT2D eigenvalue weighted by Crippen LogP contribution is -2.36. The van der Waals surface area contributed by atoms with Crippen molar-refractivity contribution in [2.45, 2.75) is 52.5 Å². The third kappa shape index (κ3) is 6.64. The average molecular weight is 251 g/mol. The van der Waals surface area contributed by atoms with Crippen LogP contribution in [0.3, 0.4) is 0 Å². The maximum absolute atomic E-state index is 3.49. The van der Waals surface area contributed by atoms with E-state index in [1.165, 1.54) is 9.75 Å². The van der Waals surface area contributed by atoms with Gasteiger partial charge in [0.25, 0.3) is 0 Å². The van der Waals surface area contributed by atoms with Gasteiger partial charge in [-0.05, 0) is 58.7 Å². The summed E-state index contributed by atoms with van der Waals surface area (Å²) in [6.07, 6.45) is 7.92. The molecule has 0 bridgehead atoms. The summed E-state index contributed by atoms with van der Waals surface area (Å²) >= 11 is 1.93. The zero-order chi connectivity index (χ0) is 12.7. The molecule has 96 valence electrons. The predicted molar refractivity (Wildman–Crippen MR) is 78.9 cm³/mol. The zero-order valence-corrected chi connectivity index (χ0v) is 12.4. The second kappa shape index (κ2) is 6.97. The number of rotatable bonds is 6. The first-order valence-electron chi connectivity index (χ1n) is 6.49. The smallest absolute Gasteiger partial charge is 0.00966 e. The van der Waals surface area contributed by atoms with Crippen LogP contribution in [0.5, 0.6) is 0 Å². The number of allylic oxidation sites excluding steroid dienone is 1. The maximum Gasteiger partial charge on any atom is 0.00966 e. The van der Waals surface area contributed by atoms with Gasteiger partial charge in [-0.1, -0.05) is 19.1 Å². The fourth-order valence-corrected chi connectivity index (χ4v) is 2.50. The monoisotopic (exact) mass is 251 g/mol. The van der Waals surface area contributed by atoms with Gasteiger partial charge in [0.2, 0.25) is 0 Å². The first-order chi connectivity index (χ1) is 8.01. The Morgan fingerprint density at radius 1 is 1.18 bits per heavy atom. The Kier molecular flexibility index (Phi) is 5.93. The van der Waals surface area contributed by atoms with Crippen molar-refractivity contribution >= 4 is 11.3 Å². The Bertz CT molecular complexity index is 344. The molecular weight excluding hydrogens is 226 g/mol. The maximum atomic E-state index is 3.49. The minimum Gasteiger partial charge on any atom is -0.312 e. The summed E-state index contributed by atoms with van der Waals surface area (Å²) in [6, 6.07) is 4.50. The van der Waals surface area contributed by atoms with E-state index in [1.807, 2.05) is 11.3 Å². The van der Waals surface area contributed by atoms with E-state index in [9.17, 15) is 0 Å². The summed E-state index contributed by atoms with van der Waals surface area (Å²) in [5.41, 5.74) is 0.234. The van der Waals surface area contributed by atoms with Crippen LogP contribution in [0.1, 0.15) is 43.9 Å². The van der Waals surface area contributed by atoms with Crippen molar-refractivity contribution in [2.75, 3.05) is 6.54 Å². The van der Waals surface area contributed by atoms with Gasteiger partial charge in [0.1, 0.15) is 0 Å². The lowest BCUT2D eigenvalue weighted by Gasteiger charge is -2.19. The molecule has 0 radical (unpaired) electrons. The summed E-state index contributed by atoms with van der Waals surface area (Å²) in [6.45, 7) is 9.88. The molecule has 1 aromatic rings. The summed E-state index contributed by atoms with van der Waals surface area (Å²) in [5.74, 6) is 0. The molecule has 1 heterocycles. The Morgan fingerprint density at radius 3 is 2.47 bits per heavy atom. The lowest BCUT2D eigenvalue weighted by molar-refractivity contribution is 0.431. The molecule has 0 atom stereocenters. The van der Waals surface area contributed by atoms with Crippen molar-refractivity contribution < 1.29 is 0 Å². The Hall–Kier alpha value is -0.600. The van der Waals surface area contributed by atoms with Gasteiger partial charge >= 0.3 is 0 Å². The van der Waals surface area contributed by atoms with E-state index in [0.29, 0.717) is 0 Å². The minimum atomic E-state index is 0.234. The van der Waals surface area contributed by atoms with Gasteiger partial charge in [0, 0.05) is 15.3 Å². The summed E-state index contributed by atoms with van der Waals surface area (Å²) in [7, 11) is 0. The molecule has 1 N–H and O–H groups in total. The molecule has 1 rings (SSSR count). The molecule has 0 saturated heterocycles. The zero-order valence-electron chi connectivity index (χ0n) is 11.5. The lowest BCUT2D eigenvalue weighted by atomic mass is 10.1. The molecule has 0 saturated carbocycles. The van der Waals surface area contributed by atoms with Gasteiger partial charge in [0.15, 0.2) is 0 Å². The van der Waals surface area contributed by atoms with E-state index in [1.54, 1.807) is 0 Å². The van der Waals surface area contributed by atoms with Crippen LogP contribution in [0.2, 0.25) is 0 Å². The van der Waals surface area contributed by atoms with E-state index >= 15 is 0 Å². The van der Waals surface area contributed by atoms with Crippen LogP contribution in [0.4, 0.5) is 0 Å². The first kappa shape index (κ1) is 14.5. The van der Waals surface area contributed by atoms with Gasteiger partial charge < -0.3 is 5.32 Å². The second-order valence-corrected chi connectivity index (χ2v) is 6.62. The van der Waals surface area contributed by atoms with Gasteiger partial charge in [-0.3, -0.25) is 0 Å². The molecule has 0 amide bonds. The van der Waals surface area contributed by atoms with Gasteiger partial charge in [-0.2, -0.15) is 0 Å². The molecule has 2 heteroatoms. The highest BCUT2D eigenvalue weighted by atomic mass is 32.1. The molecule has 0 aliphatic rings. The number of hydrogen-bond acceptors (Lipinski definition) is 2. The number of hydrogen-bond donors (Lipinski definition) is 1. The molecule has 1 aromatic heterocycles. The van der Waals surface area contributed by atoms with E-state index in [4.69, 9.17) is 0 Å². The Balaban J connectivity index is 2.18. The molecular formula is C15H25NS. The SMILES string of the molecule is CCc1ccc(CC=CCCNC(C)(C)C)s1. The normalized spacial score (nSPS) is 12.5. The van der Waals surface area contributed by atoms with Crippen LogP contribution in [0, 0.1) is 0 Å². The highest BCUT2D eigenvalue weighted by Gasteiger charge is 2.06. The fourth-order valence-electron chi connectivity index (χ4n) is 1.57. The number of aryl methyl sites for hydroxylation is 1. The summed E-state index contributed by atoms with van der Waals surface area (Å²) < 4.78 is 0. The van der Waals surface area contributed by atoms with Crippen molar-refractivity contribution in [3.05, 3.63) is 34.0 Å². The number of nitrogens with one attached hydrogen (secondary N) is 1. The fraction of sp³-hybridized carbons (Fsp3) is 0.600. The van der Waals surface area contributed by atoms with Crippen LogP contribution in [-0.4, -0.2) is 12.1 Å². The van der Waals surface area contributed by atoms with Crippen LogP contribution in [0.25, 0.3) is 0 Å². The van der Waals surface area contributed by atoms with Crippen molar-refractivity contribution in [1.82, 2.24) is 5.32 Å².